The first-order valence-corrected chi connectivity index (χ1v) is 17.6. The summed E-state index contributed by atoms with van der Waals surface area (Å²) in [5.74, 6) is 0.417. The Hall–Kier alpha value is -3.52. The standard InChI is InChI=1S/C36H52N4O3S/c1-8-9-10-11-12-13-22-40(36(37)41)32-20-18-30(19-21-32)38-29-14-16-31(17-15-29)39-44(42,43)35-33(26(4)5)23-28(25(2)3)24-34(35)27(6)7/h14-21,23-27,38-39H,8-13,22H2,1-7H3,(H2,37,41). The van der Waals surface area contributed by atoms with E-state index in [4.69, 9.17) is 5.73 Å². The number of hydrogen-bond acceptors (Lipinski definition) is 4. The molecule has 0 aliphatic heterocycles. The van der Waals surface area contributed by atoms with Crippen LogP contribution in [0.3, 0.4) is 0 Å². The second kappa shape index (κ2) is 16.0. The van der Waals surface area contributed by atoms with Crippen molar-refractivity contribution in [2.75, 3.05) is 21.5 Å². The number of benzene rings is 3. The predicted molar refractivity (Wildman–Crippen MR) is 186 cm³/mol. The van der Waals surface area contributed by atoms with Gasteiger partial charge < -0.3 is 11.1 Å². The molecule has 0 aromatic heterocycles. The lowest BCUT2D eigenvalue weighted by molar-refractivity contribution is 0.253. The Balaban J connectivity index is 1.72. The largest absolute Gasteiger partial charge is 0.356 e. The van der Waals surface area contributed by atoms with Crippen LogP contribution in [0.15, 0.2) is 65.6 Å². The summed E-state index contributed by atoms with van der Waals surface area (Å²) in [6.45, 7) is 15.2. The second-order valence-corrected chi connectivity index (χ2v) is 14.2. The number of carbonyl (C=O) groups is 1. The topological polar surface area (TPSA) is 105 Å². The first-order chi connectivity index (χ1) is 20.8. The van der Waals surface area contributed by atoms with Crippen LogP contribution in [0.4, 0.5) is 27.5 Å². The van der Waals surface area contributed by atoms with Gasteiger partial charge >= 0.3 is 6.03 Å². The molecule has 0 atom stereocenters. The van der Waals surface area contributed by atoms with E-state index < -0.39 is 16.1 Å². The lowest BCUT2D eigenvalue weighted by atomic mass is 9.89. The number of carbonyl (C=O) groups excluding carboxylic acids is 1. The van der Waals surface area contributed by atoms with Gasteiger partial charge in [0.05, 0.1) is 4.90 Å². The molecule has 0 saturated heterocycles. The van der Waals surface area contributed by atoms with E-state index in [9.17, 15) is 13.2 Å². The number of nitrogens with one attached hydrogen (secondary N) is 2. The predicted octanol–water partition coefficient (Wildman–Crippen LogP) is 9.85. The van der Waals surface area contributed by atoms with Crippen LogP contribution in [-0.2, 0) is 10.0 Å². The van der Waals surface area contributed by atoms with E-state index in [0.29, 0.717) is 23.0 Å². The first kappa shape index (κ1) is 35.0. The van der Waals surface area contributed by atoms with Crippen molar-refractivity contribution >= 4 is 38.8 Å². The van der Waals surface area contributed by atoms with Crippen LogP contribution < -0.4 is 20.7 Å². The van der Waals surface area contributed by atoms with Crippen LogP contribution in [0.1, 0.15) is 121 Å². The van der Waals surface area contributed by atoms with Crippen molar-refractivity contribution in [1.29, 1.82) is 0 Å². The minimum absolute atomic E-state index is 0.0568. The Morgan fingerprint density at radius 3 is 1.68 bits per heavy atom. The maximum atomic E-state index is 13.8. The van der Waals surface area contributed by atoms with E-state index in [1.165, 1.54) is 25.7 Å². The van der Waals surface area contributed by atoms with Crippen LogP contribution >= 0.6 is 0 Å². The fourth-order valence-corrected chi connectivity index (χ4v) is 7.09. The zero-order valence-corrected chi connectivity index (χ0v) is 28.4. The molecule has 3 aromatic rings. The SMILES string of the molecule is CCCCCCCCN(C(N)=O)c1ccc(Nc2ccc(NS(=O)(=O)c3c(C(C)C)cc(C(C)C)cc3C(C)C)cc2)cc1. The maximum absolute atomic E-state index is 13.8. The molecule has 0 bridgehead atoms. The summed E-state index contributed by atoms with van der Waals surface area (Å²) in [5.41, 5.74) is 11.4. The molecule has 8 heteroatoms. The van der Waals surface area contributed by atoms with Gasteiger partial charge in [-0.05, 0) is 89.4 Å². The fourth-order valence-electron chi connectivity index (χ4n) is 5.34. The van der Waals surface area contributed by atoms with E-state index in [2.05, 4.69) is 30.8 Å². The Kier molecular flexibility index (Phi) is 12.7. The molecule has 0 unspecified atom stereocenters. The highest BCUT2D eigenvalue weighted by molar-refractivity contribution is 7.92. The van der Waals surface area contributed by atoms with Crippen molar-refractivity contribution in [3.05, 3.63) is 77.4 Å². The summed E-state index contributed by atoms with van der Waals surface area (Å²) in [4.78, 5) is 14.1. The maximum Gasteiger partial charge on any atom is 0.319 e. The van der Waals surface area contributed by atoms with Gasteiger partial charge in [0.15, 0.2) is 0 Å². The number of rotatable bonds is 16. The van der Waals surface area contributed by atoms with Crippen molar-refractivity contribution in [2.24, 2.45) is 5.73 Å². The minimum Gasteiger partial charge on any atom is -0.356 e. The average Bonchev–Trinajstić information content (AvgIpc) is 2.97. The van der Waals surface area contributed by atoms with E-state index in [-0.39, 0.29) is 11.8 Å². The molecule has 0 fully saturated rings. The number of urea groups is 1. The van der Waals surface area contributed by atoms with Gasteiger partial charge in [-0.3, -0.25) is 9.62 Å². The van der Waals surface area contributed by atoms with Gasteiger partial charge in [0.2, 0.25) is 0 Å². The summed E-state index contributed by atoms with van der Waals surface area (Å²) >= 11 is 0. The van der Waals surface area contributed by atoms with Gasteiger partial charge in [-0.15, -0.1) is 0 Å². The molecule has 240 valence electrons. The molecular formula is C36H52N4O3S. The number of anilines is 4. The summed E-state index contributed by atoms with van der Waals surface area (Å²) in [7, 11) is -3.82. The normalized spacial score (nSPS) is 11.8. The van der Waals surface area contributed by atoms with E-state index >= 15 is 0 Å². The number of sulfonamides is 1. The molecule has 3 rings (SSSR count). The number of hydrogen-bond donors (Lipinski definition) is 3. The quantitative estimate of drug-likeness (QED) is 0.139. The van der Waals surface area contributed by atoms with Crippen LogP contribution in [0, 0.1) is 0 Å². The summed E-state index contributed by atoms with van der Waals surface area (Å²) in [6.07, 6.45) is 6.86. The van der Waals surface area contributed by atoms with Crippen LogP contribution in [0.2, 0.25) is 0 Å². The highest BCUT2D eigenvalue weighted by atomic mass is 32.2. The summed E-state index contributed by atoms with van der Waals surface area (Å²) in [5, 5.41) is 3.35. The second-order valence-electron chi connectivity index (χ2n) is 12.6. The van der Waals surface area contributed by atoms with Gasteiger partial charge in [0.1, 0.15) is 0 Å². The zero-order chi connectivity index (χ0) is 32.4. The monoisotopic (exact) mass is 620 g/mol. The van der Waals surface area contributed by atoms with Gasteiger partial charge in [0, 0.05) is 29.3 Å². The van der Waals surface area contributed by atoms with E-state index in [0.717, 1.165) is 46.6 Å². The molecule has 7 nitrogen and oxygen atoms in total. The third-order valence-corrected chi connectivity index (χ3v) is 9.47. The summed E-state index contributed by atoms with van der Waals surface area (Å²) < 4.78 is 30.4. The highest BCUT2D eigenvalue weighted by Gasteiger charge is 2.27. The van der Waals surface area contributed by atoms with Crippen molar-refractivity contribution in [1.82, 2.24) is 0 Å². The van der Waals surface area contributed by atoms with E-state index in [1.54, 1.807) is 17.0 Å². The van der Waals surface area contributed by atoms with E-state index in [1.807, 2.05) is 76.2 Å². The highest BCUT2D eigenvalue weighted by Crippen LogP contribution is 2.36. The third-order valence-electron chi connectivity index (χ3n) is 7.95. The van der Waals surface area contributed by atoms with Gasteiger partial charge in [0.25, 0.3) is 10.0 Å². The van der Waals surface area contributed by atoms with Gasteiger partial charge in [-0.25, -0.2) is 13.2 Å². The Labute approximate surface area is 265 Å². The Morgan fingerprint density at radius 2 is 1.20 bits per heavy atom. The first-order valence-electron chi connectivity index (χ1n) is 16.1. The minimum atomic E-state index is -3.82. The van der Waals surface area contributed by atoms with Crippen LogP contribution in [0.5, 0.6) is 0 Å². The average molecular weight is 621 g/mol. The molecule has 0 aliphatic rings. The molecule has 44 heavy (non-hydrogen) atoms. The zero-order valence-electron chi connectivity index (χ0n) is 27.6. The molecule has 0 heterocycles. The molecule has 0 aliphatic carbocycles. The molecule has 2 amide bonds. The van der Waals surface area contributed by atoms with Crippen molar-refractivity contribution in [3.8, 4) is 0 Å². The number of unbranched alkanes of at least 4 members (excludes halogenated alkanes) is 5. The van der Waals surface area contributed by atoms with Crippen molar-refractivity contribution in [3.63, 3.8) is 0 Å². The molecular weight excluding hydrogens is 568 g/mol. The fraction of sp³-hybridized carbons (Fsp3) is 0.472. The van der Waals surface area contributed by atoms with Gasteiger partial charge in [-0.1, -0.05) is 92.7 Å². The third kappa shape index (κ3) is 9.49. The molecule has 0 saturated carbocycles. The molecule has 3 aromatic carbocycles. The molecule has 4 N–H and O–H groups in total. The van der Waals surface area contributed by atoms with Crippen molar-refractivity contribution in [2.45, 2.75) is 110 Å². The number of nitrogens with zero attached hydrogens (tertiary/aromatic N) is 1. The Morgan fingerprint density at radius 1 is 0.727 bits per heavy atom. The lowest BCUT2D eigenvalue weighted by Gasteiger charge is -2.23. The van der Waals surface area contributed by atoms with Crippen LogP contribution in [-0.4, -0.2) is 21.0 Å². The number of amides is 2. The lowest BCUT2D eigenvalue weighted by Crippen LogP contribution is -2.36. The number of primary amides is 1. The molecule has 0 spiro atoms. The summed E-state index contributed by atoms with van der Waals surface area (Å²) in [6, 6.07) is 18.4. The molecule has 0 radical (unpaired) electrons. The van der Waals surface area contributed by atoms with Crippen molar-refractivity contribution < 1.29 is 13.2 Å². The van der Waals surface area contributed by atoms with Gasteiger partial charge in [-0.2, -0.15) is 0 Å². The smallest absolute Gasteiger partial charge is 0.319 e. The number of nitrogens with two attached hydrogens (primary N) is 1. The van der Waals surface area contributed by atoms with Crippen LogP contribution in [0.25, 0.3) is 0 Å². The Bertz CT molecular complexity index is 1440.